The van der Waals surface area contributed by atoms with E-state index in [1.54, 1.807) is 42.1 Å². The first-order chi connectivity index (χ1) is 9.10. The lowest BCUT2D eigenvalue weighted by Crippen LogP contribution is -1.94. The molecule has 0 fully saturated rings. The van der Waals surface area contributed by atoms with Crippen molar-refractivity contribution in [1.29, 1.82) is 0 Å². The molecule has 0 saturated carbocycles. The number of hydrogen-bond donors (Lipinski definition) is 1. The Hall–Kier alpha value is -2.87. The van der Waals surface area contributed by atoms with Gasteiger partial charge in [0.15, 0.2) is 6.29 Å². The number of aliphatic carboxylic acids is 1. The summed E-state index contributed by atoms with van der Waals surface area (Å²) < 4.78 is 1.59. The molecule has 5 heteroatoms. The molecule has 5 nitrogen and oxygen atoms in total. The van der Waals surface area contributed by atoms with Gasteiger partial charge in [0.1, 0.15) is 0 Å². The van der Waals surface area contributed by atoms with Crippen molar-refractivity contribution in [3.63, 3.8) is 0 Å². The Kier molecular flexibility index (Phi) is 3.44. The largest absolute Gasteiger partial charge is 0.472 e. The predicted molar refractivity (Wildman–Crippen MR) is 68.2 cm³/mol. The molecule has 1 aromatic carbocycles. The number of carboxylic acids is 1. The van der Waals surface area contributed by atoms with Gasteiger partial charge in [-0.25, -0.2) is 9.48 Å². The van der Waals surface area contributed by atoms with Gasteiger partial charge in [0.25, 0.3) is 0 Å². The van der Waals surface area contributed by atoms with Crippen LogP contribution in [0.15, 0.2) is 30.5 Å². The highest BCUT2D eigenvalue weighted by Crippen LogP contribution is 2.11. The molecular formula is C14H10N2O3. The summed E-state index contributed by atoms with van der Waals surface area (Å²) in [6.45, 7) is 1.76. The summed E-state index contributed by atoms with van der Waals surface area (Å²) >= 11 is 0. The predicted octanol–water partition coefficient (Wildman–Crippen LogP) is 1.43. The van der Waals surface area contributed by atoms with Crippen molar-refractivity contribution in [3.05, 3.63) is 47.3 Å². The molecule has 0 radical (unpaired) electrons. The third-order valence-electron chi connectivity index (χ3n) is 2.51. The number of nitrogens with zero attached hydrogens (tertiary/aromatic N) is 2. The fraction of sp³-hybridized carbons (Fsp3) is 0.0714. The standard InChI is InChI=1S/C14H10N2O3/c1-10-12(9-17)8-16(15-10)13-5-2-11(3-6-13)4-7-14(18)19/h2-3,5-6,8-9H,1H3,(H,18,19). The summed E-state index contributed by atoms with van der Waals surface area (Å²) in [6, 6.07) is 6.91. The number of carboxylic acid groups (broad SMARTS) is 1. The first-order valence-corrected chi connectivity index (χ1v) is 5.47. The van der Waals surface area contributed by atoms with Crippen molar-refractivity contribution in [2.75, 3.05) is 0 Å². The topological polar surface area (TPSA) is 72.2 Å². The summed E-state index contributed by atoms with van der Waals surface area (Å²) in [7, 11) is 0. The van der Waals surface area contributed by atoms with Gasteiger partial charge in [-0.3, -0.25) is 4.79 Å². The highest BCUT2D eigenvalue weighted by Gasteiger charge is 2.04. The average molecular weight is 254 g/mol. The summed E-state index contributed by atoms with van der Waals surface area (Å²) in [4.78, 5) is 21.1. The van der Waals surface area contributed by atoms with Gasteiger partial charge in [0, 0.05) is 17.7 Å². The number of carbonyl (C=O) groups is 2. The Balaban J connectivity index is 2.30. The van der Waals surface area contributed by atoms with Gasteiger partial charge in [-0.15, -0.1) is 0 Å². The Morgan fingerprint density at radius 1 is 1.37 bits per heavy atom. The fourth-order valence-corrected chi connectivity index (χ4v) is 1.54. The van der Waals surface area contributed by atoms with Crippen molar-refractivity contribution in [2.24, 2.45) is 0 Å². The quantitative estimate of drug-likeness (QED) is 0.650. The summed E-state index contributed by atoms with van der Waals surface area (Å²) in [5.41, 5.74) is 2.57. The Bertz CT molecular complexity index is 688. The summed E-state index contributed by atoms with van der Waals surface area (Å²) in [5, 5.41) is 12.7. The van der Waals surface area contributed by atoms with Gasteiger partial charge in [-0.1, -0.05) is 5.92 Å². The van der Waals surface area contributed by atoms with Crippen LogP contribution in [0.2, 0.25) is 0 Å². The van der Waals surface area contributed by atoms with Gasteiger partial charge < -0.3 is 5.11 Å². The molecule has 1 N–H and O–H groups in total. The minimum absolute atomic E-state index is 0.537. The van der Waals surface area contributed by atoms with Crippen LogP contribution in [-0.2, 0) is 4.79 Å². The van der Waals surface area contributed by atoms with E-state index in [2.05, 4.69) is 11.0 Å². The molecule has 19 heavy (non-hydrogen) atoms. The number of carbonyl (C=O) groups excluding carboxylic acids is 1. The van der Waals surface area contributed by atoms with Crippen LogP contribution in [0.1, 0.15) is 21.6 Å². The number of hydrogen-bond acceptors (Lipinski definition) is 3. The van der Waals surface area contributed by atoms with E-state index in [0.29, 0.717) is 16.8 Å². The van der Waals surface area contributed by atoms with Crippen molar-refractivity contribution < 1.29 is 14.7 Å². The van der Waals surface area contributed by atoms with Crippen molar-refractivity contribution in [3.8, 4) is 17.5 Å². The number of rotatable bonds is 2. The second kappa shape index (κ2) is 5.19. The zero-order chi connectivity index (χ0) is 13.8. The molecule has 0 amide bonds. The Labute approximate surface area is 109 Å². The Morgan fingerprint density at radius 3 is 2.58 bits per heavy atom. The summed E-state index contributed by atoms with van der Waals surface area (Å²) in [5.74, 6) is 3.39. The van der Waals surface area contributed by atoms with Crippen LogP contribution in [0.25, 0.3) is 5.69 Å². The van der Waals surface area contributed by atoms with Crippen LogP contribution in [0.5, 0.6) is 0 Å². The smallest absolute Gasteiger partial charge is 0.382 e. The van der Waals surface area contributed by atoms with Gasteiger partial charge in [-0.05, 0) is 31.2 Å². The van der Waals surface area contributed by atoms with Crippen LogP contribution in [-0.4, -0.2) is 27.1 Å². The molecule has 1 aromatic heterocycles. The molecule has 0 saturated heterocycles. The normalized spacial score (nSPS) is 9.53. The van der Waals surface area contributed by atoms with Crippen LogP contribution in [0, 0.1) is 18.8 Å². The molecule has 2 rings (SSSR count). The maximum atomic E-state index is 10.7. The second-order valence-corrected chi connectivity index (χ2v) is 3.83. The van der Waals surface area contributed by atoms with Crippen LogP contribution in [0.3, 0.4) is 0 Å². The molecule has 2 aromatic rings. The molecule has 1 heterocycles. The molecule has 94 valence electrons. The third kappa shape index (κ3) is 2.87. The number of benzene rings is 1. The number of aromatic nitrogens is 2. The van der Waals surface area contributed by atoms with Crippen LogP contribution >= 0.6 is 0 Å². The first kappa shape index (κ1) is 12.6. The molecule has 0 atom stereocenters. The zero-order valence-corrected chi connectivity index (χ0v) is 10.1. The van der Waals surface area contributed by atoms with E-state index in [-0.39, 0.29) is 0 Å². The summed E-state index contributed by atoms with van der Waals surface area (Å²) in [6.07, 6.45) is 2.39. The number of aryl methyl sites for hydroxylation is 1. The molecule has 0 bridgehead atoms. The molecule has 0 aliphatic rings. The van der Waals surface area contributed by atoms with Crippen molar-refractivity contribution in [2.45, 2.75) is 6.92 Å². The van der Waals surface area contributed by atoms with E-state index in [4.69, 9.17) is 5.11 Å². The second-order valence-electron chi connectivity index (χ2n) is 3.83. The van der Waals surface area contributed by atoms with Gasteiger partial charge >= 0.3 is 5.97 Å². The van der Waals surface area contributed by atoms with E-state index in [9.17, 15) is 9.59 Å². The average Bonchev–Trinajstić information content (AvgIpc) is 2.78. The molecule has 0 aliphatic heterocycles. The van der Waals surface area contributed by atoms with E-state index >= 15 is 0 Å². The maximum Gasteiger partial charge on any atom is 0.382 e. The maximum absolute atomic E-state index is 10.7. The zero-order valence-electron chi connectivity index (χ0n) is 10.1. The Morgan fingerprint density at radius 2 is 2.05 bits per heavy atom. The minimum atomic E-state index is -1.16. The minimum Gasteiger partial charge on any atom is -0.472 e. The highest BCUT2D eigenvalue weighted by molar-refractivity contribution is 5.87. The first-order valence-electron chi connectivity index (χ1n) is 5.47. The van der Waals surface area contributed by atoms with E-state index in [1.807, 2.05) is 5.92 Å². The lowest BCUT2D eigenvalue weighted by Gasteiger charge is -2.00. The third-order valence-corrected chi connectivity index (χ3v) is 2.51. The lowest BCUT2D eigenvalue weighted by molar-refractivity contribution is -0.130. The molecular weight excluding hydrogens is 244 g/mol. The monoisotopic (exact) mass is 254 g/mol. The van der Waals surface area contributed by atoms with E-state index in [1.165, 1.54) is 0 Å². The van der Waals surface area contributed by atoms with Gasteiger partial charge in [-0.2, -0.15) is 5.10 Å². The fourth-order valence-electron chi connectivity index (χ4n) is 1.54. The van der Waals surface area contributed by atoms with Crippen LogP contribution in [0.4, 0.5) is 0 Å². The SMILES string of the molecule is Cc1nn(-c2ccc(C#CC(=O)O)cc2)cc1C=O. The molecule has 0 spiro atoms. The van der Waals surface area contributed by atoms with E-state index < -0.39 is 5.97 Å². The highest BCUT2D eigenvalue weighted by atomic mass is 16.4. The van der Waals surface area contributed by atoms with Crippen molar-refractivity contribution in [1.82, 2.24) is 9.78 Å². The van der Waals surface area contributed by atoms with Crippen LogP contribution < -0.4 is 0 Å². The van der Waals surface area contributed by atoms with E-state index in [0.717, 1.165) is 12.0 Å². The molecule has 0 unspecified atom stereocenters. The number of aldehydes is 1. The van der Waals surface area contributed by atoms with Gasteiger partial charge in [0.2, 0.25) is 0 Å². The van der Waals surface area contributed by atoms with Gasteiger partial charge in [0.05, 0.1) is 16.9 Å². The van der Waals surface area contributed by atoms with Crippen molar-refractivity contribution >= 4 is 12.3 Å². The lowest BCUT2D eigenvalue weighted by atomic mass is 10.2. The molecule has 0 aliphatic carbocycles.